The van der Waals surface area contributed by atoms with Gasteiger partial charge >= 0.3 is 11.7 Å². The van der Waals surface area contributed by atoms with Gasteiger partial charge in [0, 0.05) is 24.5 Å². The molecule has 2 heterocycles. The molecule has 9 heteroatoms. The molecule has 0 aromatic carbocycles. The van der Waals surface area contributed by atoms with Gasteiger partial charge in [-0.15, -0.1) is 0 Å². The average molecular weight is 291 g/mol. The highest BCUT2D eigenvalue weighted by molar-refractivity contribution is 5.86. The van der Waals surface area contributed by atoms with E-state index in [1.807, 2.05) is 0 Å². The van der Waals surface area contributed by atoms with Crippen LogP contribution in [0.15, 0.2) is 30.6 Å². The van der Waals surface area contributed by atoms with Crippen molar-refractivity contribution in [1.82, 2.24) is 14.8 Å². The molecule has 0 fully saturated rings. The molecule has 1 unspecified atom stereocenters. The summed E-state index contributed by atoms with van der Waals surface area (Å²) in [5, 5.41) is 26.7. The maximum absolute atomic E-state index is 11.0. The summed E-state index contributed by atoms with van der Waals surface area (Å²) in [6.45, 7) is 2.25. The molecule has 0 radical (unpaired) electrons. The first-order valence-corrected chi connectivity index (χ1v) is 6.10. The fraction of sp³-hybridized carbons (Fsp3) is 0.250. The normalized spacial score (nSPS) is 11.9. The molecule has 0 bridgehead atoms. The number of pyridine rings is 1. The first-order chi connectivity index (χ1) is 9.97. The van der Waals surface area contributed by atoms with Crippen molar-refractivity contribution < 1.29 is 14.8 Å². The molecule has 2 aromatic rings. The largest absolute Gasteiger partial charge is 0.477 e. The van der Waals surface area contributed by atoms with E-state index in [0.717, 1.165) is 12.1 Å². The Kier molecular flexibility index (Phi) is 4.12. The van der Waals surface area contributed by atoms with Crippen LogP contribution in [-0.2, 0) is 6.54 Å². The summed E-state index contributed by atoms with van der Waals surface area (Å²) < 4.78 is 1.66. The van der Waals surface area contributed by atoms with Crippen molar-refractivity contribution in [3.63, 3.8) is 0 Å². The minimum atomic E-state index is -1.24. The molecule has 0 saturated carbocycles. The topological polar surface area (TPSA) is 123 Å². The quantitative estimate of drug-likeness (QED) is 0.608. The third-order valence-electron chi connectivity index (χ3n) is 2.69. The number of nitrogens with zero attached hydrogens (tertiary/aromatic N) is 4. The molecule has 2 aromatic heterocycles. The van der Waals surface area contributed by atoms with E-state index in [1.54, 1.807) is 30.1 Å². The molecule has 110 valence electrons. The number of carboxylic acids is 1. The highest BCUT2D eigenvalue weighted by Gasteiger charge is 2.20. The summed E-state index contributed by atoms with van der Waals surface area (Å²) in [5.74, 6) is -1.31. The Morgan fingerprint density at radius 1 is 1.57 bits per heavy atom. The Hall–Kier alpha value is -2.97. The Bertz CT molecular complexity index is 656. The summed E-state index contributed by atoms with van der Waals surface area (Å²) in [5.41, 5.74) is -0.526. The van der Waals surface area contributed by atoms with Crippen LogP contribution < -0.4 is 5.32 Å². The first kappa shape index (κ1) is 14.4. The molecule has 0 aliphatic carbocycles. The maximum atomic E-state index is 11.0. The molecular weight excluding hydrogens is 278 g/mol. The van der Waals surface area contributed by atoms with Gasteiger partial charge in [0.05, 0.1) is 11.5 Å². The lowest BCUT2D eigenvalue weighted by Gasteiger charge is -2.14. The zero-order valence-corrected chi connectivity index (χ0v) is 11.1. The predicted octanol–water partition coefficient (Wildman–Crippen LogP) is 1.39. The lowest BCUT2D eigenvalue weighted by molar-refractivity contribution is -0.384. The summed E-state index contributed by atoms with van der Waals surface area (Å²) in [6, 6.07) is 3.77. The second-order valence-electron chi connectivity index (χ2n) is 4.40. The molecule has 0 spiro atoms. The lowest BCUT2D eigenvalue weighted by Crippen LogP contribution is -2.23. The summed E-state index contributed by atoms with van der Waals surface area (Å²) in [7, 11) is 0. The minimum absolute atomic E-state index is 0.0699. The number of carboxylic acid groups (broad SMARTS) is 1. The number of hydrogen-bond donors (Lipinski definition) is 2. The van der Waals surface area contributed by atoms with E-state index in [2.05, 4.69) is 15.4 Å². The second kappa shape index (κ2) is 5.99. The van der Waals surface area contributed by atoms with Crippen molar-refractivity contribution in [3.05, 3.63) is 46.4 Å². The summed E-state index contributed by atoms with van der Waals surface area (Å²) >= 11 is 0. The van der Waals surface area contributed by atoms with Crippen LogP contribution in [0, 0.1) is 10.1 Å². The number of nitrogens with one attached hydrogen (secondary N) is 1. The van der Waals surface area contributed by atoms with Gasteiger partial charge in [0.25, 0.3) is 0 Å². The van der Waals surface area contributed by atoms with E-state index in [0.29, 0.717) is 6.54 Å². The van der Waals surface area contributed by atoms with Gasteiger partial charge < -0.3 is 10.4 Å². The van der Waals surface area contributed by atoms with E-state index in [-0.39, 0.29) is 23.2 Å². The zero-order chi connectivity index (χ0) is 15.4. The highest BCUT2D eigenvalue weighted by Crippen LogP contribution is 2.23. The number of hydrogen-bond acceptors (Lipinski definition) is 6. The van der Waals surface area contributed by atoms with E-state index >= 15 is 0 Å². The summed E-state index contributed by atoms with van der Waals surface area (Å²) in [6.07, 6.45) is 3.38. The number of carbonyl (C=O) groups is 1. The Morgan fingerprint density at radius 3 is 2.90 bits per heavy atom. The van der Waals surface area contributed by atoms with Crippen molar-refractivity contribution in [2.45, 2.75) is 19.5 Å². The van der Waals surface area contributed by atoms with Crippen LogP contribution in [0.5, 0.6) is 0 Å². The molecule has 2 rings (SSSR count). The van der Waals surface area contributed by atoms with Crippen LogP contribution in [0.3, 0.4) is 0 Å². The van der Waals surface area contributed by atoms with Gasteiger partial charge in [0.2, 0.25) is 5.82 Å². The fourth-order valence-electron chi connectivity index (χ4n) is 1.79. The predicted molar refractivity (Wildman–Crippen MR) is 73.2 cm³/mol. The second-order valence-corrected chi connectivity index (χ2v) is 4.40. The Balaban J connectivity index is 2.21. The van der Waals surface area contributed by atoms with Crippen molar-refractivity contribution in [3.8, 4) is 0 Å². The third-order valence-corrected chi connectivity index (χ3v) is 2.69. The van der Waals surface area contributed by atoms with Crippen LogP contribution >= 0.6 is 0 Å². The smallest absolute Gasteiger partial charge is 0.354 e. The molecule has 0 saturated heterocycles. The van der Waals surface area contributed by atoms with Gasteiger partial charge in [-0.2, -0.15) is 5.10 Å². The highest BCUT2D eigenvalue weighted by atomic mass is 16.6. The Labute approximate surface area is 119 Å². The van der Waals surface area contributed by atoms with Crippen molar-refractivity contribution in [2.75, 3.05) is 5.32 Å². The van der Waals surface area contributed by atoms with Crippen LogP contribution in [0.4, 0.5) is 11.5 Å². The number of rotatable bonds is 6. The molecular formula is C12H13N5O4. The van der Waals surface area contributed by atoms with Crippen LogP contribution in [0.1, 0.15) is 17.4 Å². The van der Waals surface area contributed by atoms with Crippen LogP contribution in [0.2, 0.25) is 0 Å². The third kappa shape index (κ3) is 3.53. The molecule has 1 atom stereocenters. The number of anilines is 1. The molecule has 2 N–H and O–H groups in total. The van der Waals surface area contributed by atoms with Gasteiger partial charge in [-0.1, -0.05) is 0 Å². The van der Waals surface area contributed by atoms with Gasteiger partial charge in [-0.05, 0) is 19.1 Å². The van der Waals surface area contributed by atoms with E-state index < -0.39 is 10.9 Å². The van der Waals surface area contributed by atoms with E-state index in [4.69, 9.17) is 5.11 Å². The van der Waals surface area contributed by atoms with Crippen LogP contribution in [0.25, 0.3) is 0 Å². The van der Waals surface area contributed by atoms with Crippen LogP contribution in [-0.4, -0.2) is 36.8 Å². The molecule has 0 aliphatic heterocycles. The van der Waals surface area contributed by atoms with E-state index in [1.165, 1.54) is 0 Å². The number of aromatic nitrogens is 3. The first-order valence-electron chi connectivity index (χ1n) is 6.10. The molecule has 0 aliphatic rings. The molecule has 21 heavy (non-hydrogen) atoms. The van der Waals surface area contributed by atoms with Crippen molar-refractivity contribution >= 4 is 17.5 Å². The van der Waals surface area contributed by atoms with Gasteiger partial charge in [0.1, 0.15) is 0 Å². The van der Waals surface area contributed by atoms with Gasteiger partial charge in [-0.25, -0.2) is 9.78 Å². The fourth-order valence-corrected chi connectivity index (χ4v) is 1.79. The van der Waals surface area contributed by atoms with Gasteiger partial charge in [-0.3, -0.25) is 14.8 Å². The number of nitro groups is 1. The zero-order valence-electron chi connectivity index (χ0n) is 11.1. The monoisotopic (exact) mass is 291 g/mol. The maximum Gasteiger partial charge on any atom is 0.354 e. The average Bonchev–Trinajstić information content (AvgIpc) is 2.90. The van der Waals surface area contributed by atoms with Gasteiger partial charge in [0.15, 0.2) is 5.69 Å². The minimum Gasteiger partial charge on any atom is -0.477 e. The summed E-state index contributed by atoms with van der Waals surface area (Å²) in [4.78, 5) is 25.0. The van der Waals surface area contributed by atoms with Crippen molar-refractivity contribution in [2.24, 2.45) is 0 Å². The SMILES string of the molecule is CC(Cn1cccn1)Nc1nc(C(=O)O)ccc1[N+](=O)[O-]. The van der Waals surface area contributed by atoms with E-state index in [9.17, 15) is 14.9 Å². The number of aromatic carboxylic acids is 1. The van der Waals surface area contributed by atoms with Crippen molar-refractivity contribution in [1.29, 1.82) is 0 Å². The Morgan fingerprint density at radius 2 is 2.33 bits per heavy atom. The standard InChI is InChI=1S/C12H13N5O4/c1-8(7-16-6-2-5-13-16)14-11-10(17(20)21)4-3-9(15-11)12(18)19/h2-6,8H,7H2,1H3,(H,14,15)(H,18,19). The molecule has 9 nitrogen and oxygen atoms in total. The lowest BCUT2D eigenvalue weighted by atomic mass is 10.3. The molecule has 0 amide bonds.